The van der Waals surface area contributed by atoms with Gasteiger partial charge in [0.25, 0.3) is 0 Å². The molecule has 122 valence electrons. The van der Waals surface area contributed by atoms with Crippen LogP contribution in [0.15, 0.2) is 53.7 Å². The molecule has 4 N–H and O–H groups in total. The van der Waals surface area contributed by atoms with Crippen LogP contribution >= 0.6 is 11.8 Å². The Labute approximate surface area is 142 Å². The number of aromatic amines is 1. The number of carbonyl (C=O) groups excluding carboxylic acids is 2. The Hall–Kier alpha value is -2.80. The van der Waals surface area contributed by atoms with Gasteiger partial charge >= 0.3 is 0 Å². The summed E-state index contributed by atoms with van der Waals surface area (Å²) in [6, 6.07) is 14.2. The lowest BCUT2D eigenvalue weighted by Gasteiger charge is -2.10. The minimum atomic E-state index is -0.498. The first-order valence-electron chi connectivity index (χ1n) is 7.35. The number of fused-ring (bicyclic) bond motifs is 1. The third kappa shape index (κ3) is 3.57. The minimum Gasteiger partial charge on any atom is -0.366 e. The molecule has 2 amide bonds. The molecule has 3 aromatic rings. The van der Waals surface area contributed by atoms with Gasteiger partial charge in [-0.15, -0.1) is 0 Å². The van der Waals surface area contributed by atoms with Gasteiger partial charge in [-0.25, -0.2) is 4.98 Å². The van der Waals surface area contributed by atoms with Crippen LogP contribution in [0.2, 0.25) is 0 Å². The molecule has 0 aliphatic rings. The zero-order valence-electron chi connectivity index (χ0n) is 12.9. The summed E-state index contributed by atoms with van der Waals surface area (Å²) in [4.78, 5) is 31.0. The van der Waals surface area contributed by atoms with Crippen molar-refractivity contribution in [3.63, 3.8) is 0 Å². The van der Waals surface area contributed by atoms with E-state index >= 15 is 0 Å². The quantitative estimate of drug-likeness (QED) is 0.622. The number of anilines is 1. The lowest BCUT2D eigenvalue weighted by molar-refractivity contribution is -0.115. The Bertz CT molecular complexity index is 856. The lowest BCUT2D eigenvalue weighted by Crippen LogP contribution is -2.22. The van der Waals surface area contributed by atoms with Crippen molar-refractivity contribution in [1.29, 1.82) is 0 Å². The second-order valence-corrected chi connectivity index (χ2v) is 6.58. The molecule has 1 atom stereocenters. The van der Waals surface area contributed by atoms with Crippen molar-refractivity contribution < 1.29 is 9.59 Å². The van der Waals surface area contributed by atoms with E-state index in [1.807, 2.05) is 31.2 Å². The molecule has 1 heterocycles. The van der Waals surface area contributed by atoms with Crippen LogP contribution in [0.1, 0.15) is 17.3 Å². The van der Waals surface area contributed by atoms with Gasteiger partial charge in [-0.2, -0.15) is 0 Å². The Morgan fingerprint density at radius 1 is 1.17 bits per heavy atom. The molecule has 7 heteroatoms. The van der Waals surface area contributed by atoms with Crippen LogP contribution in [-0.2, 0) is 4.79 Å². The molecule has 1 aromatic heterocycles. The maximum absolute atomic E-state index is 12.3. The number of para-hydroxylation sites is 2. The molecule has 0 radical (unpaired) electrons. The zero-order chi connectivity index (χ0) is 17.1. The van der Waals surface area contributed by atoms with Crippen molar-refractivity contribution in [3.8, 4) is 0 Å². The summed E-state index contributed by atoms with van der Waals surface area (Å²) in [5.74, 6) is -0.644. The van der Waals surface area contributed by atoms with Crippen LogP contribution in [0.5, 0.6) is 0 Å². The average molecular weight is 340 g/mol. The second-order valence-electron chi connectivity index (χ2n) is 5.25. The van der Waals surface area contributed by atoms with Crippen LogP contribution in [0.25, 0.3) is 11.0 Å². The number of nitrogens with one attached hydrogen (secondary N) is 2. The Balaban J connectivity index is 1.64. The van der Waals surface area contributed by atoms with Crippen LogP contribution in [0, 0.1) is 0 Å². The largest absolute Gasteiger partial charge is 0.366 e. The summed E-state index contributed by atoms with van der Waals surface area (Å²) in [6.45, 7) is 1.81. The molecule has 0 bridgehead atoms. The zero-order valence-corrected chi connectivity index (χ0v) is 13.8. The van der Waals surface area contributed by atoms with Crippen LogP contribution in [0.4, 0.5) is 5.69 Å². The van der Waals surface area contributed by atoms with E-state index in [0.29, 0.717) is 16.4 Å². The van der Waals surface area contributed by atoms with Gasteiger partial charge in [-0.05, 0) is 43.3 Å². The van der Waals surface area contributed by atoms with Gasteiger partial charge in [0.2, 0.25) is 11.8 Å². The molecule has 0 aliphatic carbocycles. The molecule has 6 nitrogen and oxygen atoms in total. The summed E-state index contributed by atoms with van der Waals surface area (Å²) < 4.78 is 0. The first-order valence-corrected chi connectivity index (χ1v) is 8.23. The number of rotatable bonds is 5. The van der Waals surface area contributed by atoms with Crippen molar-refractivity contribution in [3.05, 3.63) is 54.1 Å². The number of aromatic nitrogens is 2. The summed E-state index contributed by atoms with van der Waals surface area (Å²) >= 11 is 1.35. The highest BCUT2D eigenvalue weighted by Crippen LogP contribution is 2.24. The highest BCUT2D eigenvalue weighted by molar-refractivity contribution is 8.00. The molecule has 0 saturated carbocycles. The van der Waals surface area contributed by atoms with Crippen molar-refractivity contribution in [1.82, 2.24) is 9.97 Å². The van der Waals surface area contributed by atoms with Crippen molar-refractivity contribution in [2.45, 2.75) is 17.3 Å². The van der Waals surface area contributed by atoms with E-state index in [2.05, 4.69) is 15.3 Å². The van der Waals surface area contributed by atoms with E-state index < -0.39 is 5.91 Å². The lowest BCUT2D eigenvalue weighted by atomic mass is 10.2. The number of thioether (sulfide) groups is 1. The molecule has 0 unspecified atom stereocenters. The van der Waals surface area contributed by atoms with E-state index in [0.717, 1.165) is 11.0 Å². The van der Waals surface area contributed by atoms with Crippen LogP contribution in [0.3, 0.4) is 0 Å². The Kier molecular flexibility index (Phi) is 4.52. The fourth-order valence-electron chi connectivity index (χ4n) is 2.17. The summed E-state index contributed by atoms with van der Waals surface area (Å²) in [6.07, 6.45) is 0. The monoisotopic (exact) mass is 340 g/mol. The maximum Gasteiger partial charge on any atom is 0.248 e. The summed E-state index contributed by atoms with van der Waals surface area (Å²) in [5.41, 5.74) is 8.01. The van der Waals surface area contributed by atoms with Gasteiger partial charge < -0.3 is 16.0 Å². The number of amides is 2. The Morgan fingerprint density at radius 3 is 2.54 bits per heavy atom. The standard InChI is InChI=1S/C17H16N4O2S/c1-10(24-17-20-13-4-2-3-5-14(13)21-17)16(23)19-12-8-6-11(7-9-12)15(18)22/h2-10H,1H3,(H2,18,22)(H,19,23)(H,20,21)/t10-/m0/s1. The number of primary amides is 1. The van der Waals surface area contributed by atoms with E-state index in [9.17, 15) is 9.59 Å². The predicted molar refractivity (Wildman–Crippen MR) is 95.0 cm³/mol. The van der Waals surface area contributed by atoms with E-state index in [1.165, 1.54) is 11.8 Å². The molecule has 2 aromatic carbocycles. The van der Waals surface area contributed by atoms with Crippen molar-refractivity contribution >= 4 is 40.3 Å². The average Bonchev–Trinajstić information content (AvgIpc) is 2.97. The SMILES string of the molecule is C[C@H](Sc1nc2ccccc2[nH]1)C(=O)Nc1ccc(C(N)=O)cc1. The van der Waals surface area contributed by atoms with Crippen molar-refractivity contribution in [2.75, 3.05) is 5.32 Å². The predicted octanol–water partition coefficient (Wildman–Crippen LogP) is 2.78. The number of carbonyl (C=O) groups is 2. The number of H-pyrrole nitrogens is 1. The van der Waals surface area contributed by atoms with E-state index in [4.69, 9.17) is 5.73 Å². The number of hydrogen-bond acceptors (Lipinski definition) is 4. The van der Waals surface area contributed by atoms with Gasteiger partial charge in [0.1, 0.15) is 0 Å². The third-order valence-corrected chi connectivity index (χ3v) is 4.45. The van der Waals surface area contributed by atoms with Gasteiger partial charge in [0, 0.05) is 11.3 Å². The molecule has 3 rings (SSSR count). The fourth-order valence-corrected chi connectivity index (χ4v) is 2.99. The highest BCUT2D eigenvalue weighted by atomic mass is 32.2. The molecule has 0 spiro atoms. The topological polar surface area (TPSA) is 101 Å². The number of imidazole rings is 1. The smallest absolute Gasteiger partial charge is 0.248 e. The molecule has 0 fully saturated rings. The van der Waals surface area contributed by atoms with Gasteiger partial charge in [-0.1, -0.05) is 23.9 Å². The summed E-state index contributed by atoms with van der Waals surface area (Å²) in [7, 11) is 0. The first-order chi connectivity index (χ1) is 11.5. The van der Waals surface area contributed by atoms with E-state index in [-0.39, 0.29) is 11.2 Å². The molecular weight excluding hydrogens is 324 g/mol. The van der Waals surface area contributed by atoms with Crippen molar-refractivity contribution in [2.24, 2.45) is 5.73 Å². The van der Waals surface area contributed by atoms with Crippen LogP contribution < -0.4 is 11.1 Å². The number of nitrogens with zero attached hydrogens (tertiary/aromatic N) is 1. The third-order valence-electron chi connectivity index (χ3n) is 3.46. The highest BCUT2D eigenvalue weighted by Gasteiger charge is 2.17. The van der Waals surface area contributed by atoms with Gasteiger partial charge in [0.05, 0.1) is 16.3 Å². The first kappa shape index (κ1) is 16.1. The minimum absolute atomic E-state index is 0.146. The summed E-state index contributed by atoms with van der Waals surface area (Å²) in [5, 5.41) is 3.17. The normalized spacial score (nSPS) is 12.0. The molecular formula is C17H16N4O2S. The van der Waals surface area contributed by atoms with Gasteiger partial charge in [0.15, 0.2) is 5.16 Å². The molecule has 0 saturated heterocycles. The number of nitrogens with two attached hydrogens (primary N) is 1. The second kappa shape index (κ2) is 6.76. The number of hydrogen-bond donors (Lipinski definition) is 3. The van der Waals surface area contributed by atoms with Crippen LogP contribution in [-0.4, -0.2) is 27.0 Å². The maximum atomic E-state index is 12.3. The molecule has 0 aliphatic heterocycles. The fraction of sp³-hybridized carbons (Fsp3) is 0.118. The number of benzene rings is 2. The molecule has 24 heavy (non-hydrogen) atoms. The van der Waals surface area contributed by atoms with Gasteiger partial charge in [-0.3, -0.25) is 9.59 Å². The Morgan fingerprint density at radius 2 is 1.88 bits per heavy atom. The van der Waals surface area contributed by atoms with E-state index in [1.54, 1.807) is 24.3 Å².